The molecule has 22 heavy (non-hydrogen) atoms. The Morgan fingerprint density at radius 1 is 1.05 bits per heavy atom. The summed E-state index contributed by atoms with van der Waals surface area (Å²) in [6.45, 7) is 0. The zero-order chi connectivity index (χ0) is 16.3. The van der Waals surface area contributed by atoms with E-state index < -0.39 is 23.5 Å². The van der Waals surface area contributed by atoms with E-state index in [1.165, 1.54) is 24.4 Å². The second-order valence-electron chi connectivity index (χ2n) is 4.13. The Bertz CT molecular complexity index is 690. The molecular weight excluding hydrogens is 342 g/mol. The molecule has 0 atom stereocenters. The molecule has 4 nitrogen and oxygen atoms in total. The maximum Gasteiger partial charge on any atom is 0.418 e. The Kier molecular flexibility index (Phi) is 4.77. The normalized spacial score (nSPS) is 11.1. The van der Waals surface area contributed by atoms with Gasteiger partial charge in [0.05, 0.1) is 16.3 Å². The number of carbonyl (C=O) groups is 1. The highest BCUT2D eigenvalue weighted by Crippen LogP contribution is 2.36. The highest BCUT2D eigenvalue weighted by Gasteiger charge is 2.34. The number of urea groups is 1. The van der Waals surface area contributed by atoms with E-state index in [0.717, 1.165) is 12.1 Å². The fourth-order valence-corrected chi connectivity index (χ4v) is 1.86. The van der Waals surface area contributed by atoms with Gasteiger partial charge in [-0.2, -0.15) is 13.2 Å². The van der Waals surface area contributed by atoms with Gasteiger partial charge in [-0.3, -0.25) is 5.32 Å². The van der Waals surface area contributed by atoms with E-state index in [0.29, 0.717) is 5.02 Å². The van der Waals surface area contributed by atoms with Crippen LogP contribution in [0.15, 0.2) is 36.5 Å². The van der Waals surface area contributed by atoms with Crippen LogP contribution >= 0.6 is 23.2 Å². The maximum absolute atomic E-state index is 12.9. The van der Waals surface area contributed by atoms with Crippen molar-refractivity contribution in [1.29, 1.82) is 0 Å². The third-order valence-electron chi connectivity index (χ3n) is 2.50. The molecule has 0 aliphatic heterocycles. The highest BCUT2D eigenvalue weighted by atomic mass is 35.5. The van der Waals surface area contributed by atoms with E-state index in [1.54, 1.807) is 0 Å². The van der Waals surface area contributed by atoms with Gasteiger partial charge in [0.15, 0.2) is 0 Å². The summed E-state index contributed by atoms with van der Waals surface area (Å²) in [4.78, 5) is 15.5. The Hall–Kier alpha value is -1.99. The van der Waals surface area contributed by atoms with Gasteiger partial charge in [0, 0.05) is 11.2 Å². The van der Waals surface area contributed by atoms with Crippen molar-refractivity contribution in [2.75, 3.05) is 10.6 Å². The largest absolute Gasteiger partial charge is 0.418 e. The molecule has 1 aromatic heterocycles. The lowest BCUT2D eigenvalue weighted by Crippen LogP contribution is -2.22. The molecule has 0 spiro atoms. The van der Waals surface area contributed by atoms with Gasteiger partial charge in [0.1, 0.15) is 5.82 Å². The molecule has 0 aliphatic rings. The van der Waals surface area contributed by atoms with Gasteiger partial charge < -0.3 is 5.32 Å². The van der Waals surface area contributed by atoms with Crippen LogP contribution in [0.1, 0.15) is 5.56 Å². The summed E-state index contributed by atoms with van der Waals surface area (Å²) in [6.07, 6.45) is -3.35. The number of halogens is 5. The van der Waals surface area contributed by atoms with E-state index in [-0.39, 0.29) is 10.8 Å². The number of carbonyl (C=O) groups excluding carboxylic acids is 1. The molecule has 0 saturated heterocycles. The van der Waals surface area contributed by atoms with Gasteiger partial charge >= 0.3 is 12.2 Å². The van der Waals surface area contributed by atoms with Crippen LogP contribution in [0.3, 0.4) is 0 Å². The van der Waals surface area contributed by atoms with Crippen molar-refractivity contribution in [2.45, 2.75) is 6.18 Å². The summed E-state index contributed by atoms with van der Waals surface area (Å²) < 4.78 is 38.7. The van der Waals surface area contributed by atoms with E-state index in [1.807, 2.05) is 0 Å². The molecule has 2 aromatic rings. The van der Waals surface area contributed by atoms with E-state index in [2.05, 4.69) is 15.6 Å². The number of nitrogens with zero attached hydrogens (tertiary/aromatic N) is 1. The first-order chi connectivity index (χ1) is 10.3. The van der Waals surface area contributed by atoms with Gasteiger partial charge in [0.2, 0.25) is 0 Å². The van der Waals surface area contributed by atoms with Crippen LogP contribution < -0.4 is 10.6 Å². The van der Waals surface area contributed by atoms with Crippen LogP contribution in [-0.2, 0) is 6.18 Å². The molecule has 0 fully saturated rings. The Labute approximate surface area is 133 Å². The summed E-state index contributed by atoms with van der Waals surface area (Å²) in [5.41, 5.74) is -1.46. The lowest BCUT2D eigenvalue weighted by Gasteiger charge is -2.14. The topological polar surface area (TPSA) is 54.0 Å². The first kappa shape index (κ1) is 16.4. The van der Waals surface area contributed by atoms with Crippen molar-refractivity contribution < 1.29 is 18.0 Å². The van der Waals surface area contributed by atoms with Crippen LogP contribution in [0.25, 0.3) is 0 Å². The minimum absolute atomic E-state index is 0.0855. The predicted molar refractivity (Wildman–Crippen MR) is 78.3 cm³/mol. The average Bonchev–Trinajstić information content (AvgIpc) is 2.42. The molecule has 0 unspecified atom stereocenters. The van der Waals surface area contributed by atoms with E-state index in [9.17, 15) is 18.0 Å². The summed E-state index contributed by atoms with van der Waals surface area (Å²) in [5, 5.41) is 4.67. The monoisotopic (exact) mass is 349 g/mol. The SMILES string of the molecule is O=C(Nc1ccc(Cl)cn1)Nc1ccc(Cl)cc1C(F)(F)F. The van der Waals surface area contributed by atoms with Crippen molar-refractivity contribution in [1.82, 2.24) is 4.98 Å². The number of nitrogens with one attached hydrogen (secondary N) is 2. The highest BCUT2D eigenvalue weighted by molar-refractivity contribution is 6.31. The first-order valence-electron chi connectivity index (χ1n) is 5.82. The number of alkyl halides is 3. The minimum Gasteiger partial charge on any atom is -0.307 e. The number of pyridine rings is 1. The number of benzene rings is 1. The van der Waals surface area contributed by atoms with Crippen molar-refractivity contribution in [3.05, 3.63) is 52.1 Å². The fraction of sp³-hybridized carbons (Fsp3) is 0.0769. The summed E-state index contributed by atoms with van der Waals surface area (Å²) >= 11 is 11.2. The number of amides is 2. The van der Waals surface area contributed by atoms with Crippen LogP contribution in [0.2, 0.25) is 10.0 Å². The third-order valence-corrected chi connectivity index (χ3v) is 2.96. The Morgan fingerprint density at radius 2 is 1.73 bits per heavy atom. The standard InChI is InChI=1S/C13H8Cl2F3N3O/c14-7-1-3-10(9(5-7)13(16,17)18)20-12(22)21-11-4-2-8(15)6-19-11/h1-6H,(H2,19,20,21,22). The van der Waals surface area contributed by atoms with Crippen LogP contribution in [0.4, 0.5) is 29.5 Å². The third kappa shape index (κ3) is 4.25. The van der Waals surface area contributed by atoms with Crippen molar-refractivity contribution >= 4 is 40.7 Å². The molecule has 0 radical (unpaired) electrons. The Morgan fingerprint density at radius 3 is 2.32 bits per heavy atom. The molecule has 0 bridgehead atoms. The lowest BCUT2D eigenvalue weighted by molar-refractivity contribution is -0.136. The van der Waals surface area contributed by atoms with Gasteiger partial charge in [-0.25, -0.2) is 9.78 Å². The molecule has 2 rings (SSSR count). The number of hydrogen-bond acceptors (Lipinski definition) is 2. The molecule has 0 saturated carbocycles. The van der Waals surface area contributed by atoms with Crippen LogP contribution in [0.5, 0.6) is 0 Å². The average molecular weight is 350 g/mol. The van der Waals surface area contributed by atoms with Gasteiger partial charge in [-0.15, -0.1) is 0 Å². The summed E-state index contributed by atoms with van der Waals surface area (Å²) in [6, 6.07) is 5.06. The second-order valence-corrected chi connectivity index (χ2v) is 5.00. The second kappa shape index (κ2) is 6.41. The van der Waals surface area contributed by atoms with Crippen molar-refractivity contribution in [3.63, 3.8) is 0 Å². The van der Waals surface area contributed by atoms with E-state index >= 15 is 0 Å². The number of hydrogen-bond donors (Lipinski definition) is 2. The molecule has 0 aliphatic carbocycles. The first-order valence-corrected chi connectivity index (χ1v) is 6.57. The molecule has 1 heterocycles. The molecule has 9 heteroatoms. The summed E-state index contributed by atoms with van der Waals surface area (Å²) in [7, 11) is 0. The number of anilines is 2. The van der Waals surface area contributed by atoms with Crippen molar-refractivity contribution in [3.8, 4) is 0 Å². The molecule has 2 amide bonds. The Balaban J connectivity index is 2.16. The zero-order valence-electron chi connectivity index (χ0n) is 10.7. The maximum atomic E-state index is 12.9. The molecule has 2 N–H and O–H groups in total. The number of aromatic nitrogens is 1. The van der Waals surface area contributed by atoms with Crippen LogP contribution in [-0.4, -0.2) is 11.0 Å². The smallest absolute Gasteiger partial charge is 0.307 e. The van der Waals surface area contributed by atoms with Crippen molar-refractivity contribution in [2.24, 2.45) is 0 Å². The van der Waals surface area contributed by atoms with E-state index in [4.69, 9.17) is 23.2 Å². The number of rotatable bonds is 2. The molecular formula is C13H8Cl2F3N3O. The fourth-order valence-electron chi connectivity index (χ4n) is 1.58. The summed E-state index contributed by atoms with van der Waals surface area (Å²) in [5.74, 6) is 0.143. The molecule has 1 aromatic carbocycles. The van der Waals surface area contributed by atoms with Gasteiger partial charge in [-0.05, 0) is 30.3 Å². The quantitative estimate of drug-likeness (QED) is 0.796. The molecule has 116 valence electrons. The zero-order valence-corrected chi connectivity index (χ0v) is 12.2. The van der Waals surface area contributed by atoms with Gasteiger partial charge in [-0.1, -0.05) is 23.2 Å². The van der Waals surface area contributed by atoms with Gasteiger partial charge in [0.25, 0.3) is 0 Å². The lowest BCUT2D eigenvalue weighted by atomic mass is 10.1. The van der Waals surface area contributed by atoms with Crippen LogP contribution in [0, 0.1) is 0 Å². The minimum atomic E-state index is -4.65. The predicted octanol–water partition coefficient (Wildman–Crippen LogP) is 5.05.